The van der Waals surface area contributed by atoms with E-state index in [2.05, 4.69) is 11.9 Å². The van der Waals surface area contributed by atoms with Gasteiger partial charge in [-0.1, -0.05) is 18.7 Å². The highest BCUT2D eigenvalue weighted by atomic mass is 16.7. The molecule has 0 bridgehead atoms. The molecule has 1 N–H and O–H groups in total. The van der Waals surface area contributed by atoms with Crippen LogP contribution in [0.2, 0.25) is 0 Å². The van der Waals surface area contributed by atoms with Crippen LogP contribution in [0.3, 0.4) is 0 Å². The summed E-state index contributed by atoms with van der Waals surface area (Å²) < 4.78 is 15.3. The minimum Gasteiger partial charge on any atom is -0.454 e. The SMILES string of the molecule is C=CCOC(=O)NCCc1ccc2c(c1)OCO2. The summed E-state index contributed by atoms with van der Waals surface area (Å²) in [6, 6.07) is 5.73. The van der Waals surface area contributed by atoms with E-state index in [1.165, 1.54) is 6.08 Å². The largest absolute Gasteiger partial charge is 0.454 e. The number of alkyl carbamates (subject to hydrolysis) is 1. The third-order valence-corrected chi connectivity index (χ3v) is 2.45. The highest BCUT2D eigenvalue weighted by Gasteiger charge is 2.12. The van der Waals surface area contributed by atoms with E-state index in [1.54, 1.807) is 0 Å². The first kappa shape index (κ1) is 12.3. The van der Waals surface area contributed by atoms with E-state index in [0.717, 1.165) is 17.1 Å². The lowest BCUT2D eigenvalue weighted by Gasteiger charge is -2.06. The molecular formula is C13H15NO4. The van der Waals surface area contributed by atoms with Gasteiger partial charge in [0.2, 0.25) is 6.79 Å². The van der Waals surface area contributed by atoms with E-state index in [1.807, 2.05) is 18.2 Å². The summed E-state index contributed by atoms with van der Waals surface area (Å²) in [6.45, 7) is 4.46. The fourth-order valence-electron chi connectivity index (χ4n) is 1.59. The van der Waals surface area contributed by atoms with Gasteiger partial charge in [0.1, 0.15) is 6.61 Å². The molecule has 1 heterocycles. The molecule has 0 aromatic heterocycles. The van der Waals surface area contributed by atoms with Crippen molar-refractivity contribution in [1.29, 1.82) is 0 Å². The molecule has 5 nitrogen and oxygen atoms in total. The van der Waals surface area contributed by atoms with Gasteiger partial charge in [0.25, 0.3) is 0 Å². The summed E-state index contributed by atoms with van der Waals surface area (Å²) in [4.78, 5) is 11.2. The van der Waals surface area contributed by atoms with Crippen LogP contribution in [-0.2, 0) is 11.2 Å². The standard InChI is InChI=1S/C13H15NO4/c1-2-7-16-13(15)14-6-5-10-3-4-11-12(8-10)18-9-17-11/h2-4,8H,1,5-7,9H2,(H,14,15). The maximum absolute atomic E-state index is 11.2. The van der Waals surface area contributed by atoms with Crippen molar-refractivity contribution in [2.24, 2.45) is 0 Å². The van der Waals surface area contributed by atoms with Gasteiger partial charge < -0.3 is 19.5 Å². The third kappa shape index (κ3) is 3.16. The average Bonchev–Trinajstić information content (AvgIpc) is 2.83. The Balaban J connectivity index is 1.77. The van der Waals surface area contributed by atoms with Gasteiger partial charge in [-0.15, -0.1) is 0 Å². The summed E-state index contributed by atoms with van der Waals surface area (Å²) in [5.74, 6) is 1.51. The van der Waals surface area contributed by atoms with Gasteiger partial charge in [-0.25, -0.2) is 4.79 Å². The van der Waals surface area contributed by atoms with E-state index >= 15 is 0 Å². The number of rotatable bonds is 5. The third-order valence-electron chi connectivity index (χ3n) is 2.45. The number of ether oxygens (including phenoxy) is 3. The van der Waals surface area contributed by atoms with E-state index in [4.69, 9.17) is 14.2 Å². The average molecular weight is 249 g/mol. The van der Waals surface area contributed by atoms with Crippen LogP contribution in [0.5, 0.6) is 11.5 Å². The van der Waals surface area contributed by atoms with Crippen molar-refractivity contribution in [3.63, 3.8) is 0 Å². The van der Waals surface area contributed by atoms with Crippen LogP contribution in [-0.4, -0.2) is 26.0 Å². The lowest BCUT2D eigenvalue weighted by atomic mass is 10.1. The van der Waals surface area contributed by atoms with Gasteiger partial charge in [-0.2, -0.15) is 0 Å². The molecule has 1 aliphatic heterocycles. The van der Waals surface area contributed by atoms with Crippen LogP contribution in [0.25, 0.3) is 0 Å². The molecule has 0 aliphatic carbocycles. The second kappa shape index (κ2) is 5.95. The molecular weight excluding hydrogens is 234 g/mol. The molecule has 1 aromatic carbocycles. The molecule has 5 heteroatoms. The molecule has 1 amide bonds. The van der Waals surface area contributed by atoms with Gasteiger partial charge in [0.15, 0.2) is 11.5 Å². The molecule has 0 saturated carbocycles. The van der Waals surface area contributed by atoms with Crippen LogP contribution < -0.4 is 14.8 Å². The number of benzene rings is 1. The normalized spacial score (nSPS) is 12.0. The maximum atomic E-state index is 11.2. The van der Waals surface area contributed by atoms with Crippen molar-refractivity contribution in [3.8, 4) is 11.5 Å². The minimum absolute atomic E-state index is 0.218. The number of hydrogen-bond donors (Lipinski definition) is 1. The van der Waals surface area contributed by atoms with Crippen LogP contribution in [0.4, 0.5) is 4.79 Å². The van der Waals surface area contributed by atoms with Gasteiger partial charge in [-0.3, -0.25) is 0 Å². The molecule has 0 saturated heterocycles. The number of hydrogen-bond acceptors (Lipinski definition) is 4. The van der Waals surface area contributed by atoms with Crippen molar-refractivity contribution < 1.29 is 19.0 Å². The number of amides is 1. The highest BCUT2D eigenvalue weighted by Crippen LogP contribution is 2.32. The fourth-order valence-corrected chi connectivity index (χ4v) is 1.59. The molecule has 0 spiro atoms. The van der Waals surface area contributed by atoms with Crippen LogP contribution in [0, 0.1) is 0 Å². The molecule has 1 aromatic rings. The topological polar surface area (TPSA) is 56.8 Å². The Morgan fingerprint density at radius 3 is 3.11 bits per heavy atom. The second-order valence-electron chi connectivity index (χ2n) is 3.75. The predicted molar refractivity (Wildman–Crippen MR) is 65.8 cm³/mol. The first-order valence-corrected chi connectivity index (χ1v) is 5.69. The second-order valence-corrected chi connectivity index (χ2v) is 3.75. The summed E-state index contributed by atoms with van der Waals surface area (Å²) >= 11 is 0. The molecule has 0 fully saturated rings. The molecule has 0 atom stereocenters. The van der Waals surface area contributed by atoms with Crippen LogP contribution in [0.15, 0.2) is 30.9 Å². The zero-order valence-corrected chi connectivity index (χ0v) is 9.98. The predicted octanol–water partition coefficient (Wildman–Crippen LogP) is 1.87. The van der Waals surface area contributed by atoms with Gasteiger partial charge in [-0.05, 0) is 24.1 Å². The van der Waals surface area contributed by atoms with Crippen molar-refractivity contribution in [1.82, 2.24) is 5.32 Å². The summed E-state index contributed by atoms with van der Waals surface area (Å²) in [5, 5.41) is 2.65. The fraction of sp³-hybridized carbons (Fsp3) is 0.308. The first-order chi connectivity index (χ1) is 8.79. The Morgan fingerprint density at radius 1 is 1.44 bits per heavy atom. The zero-order chi connectivity index (χ0) is 12.8. The lowest BCUT2D eigenvalue weighted by molar-refractivity contribution is 0.158. The van der Waals surface area contributed by atoms with E-state index in [0.29, 0.717) is 13.0 Å². The number of nitrogens with one attached hydrogen (secondary N) is 1. The molecule has 96 valence electrons. The Morgan fingerprint density at radius 2 is 2.28 bits per heavy atom. The number of carbonyl (C=O) groups excluding carboxylic acids is 1. The first-order valence-electron chi connectivity index (χ1n) is 5.69. The van der Waals surface area contributed by atoms with Crippen molar-refractivity contribution in [2.75, 3.05) is 19.9 Å². The lowest BCUT2D eigenvalue weighted by Crippen LogP contribution is -2.26. The minimum atomic E-state index is -0.435. The van der Waals surface area contributed by atoms with Crippen LogP contribution >= 0.6 is 0 Å². The number of carbonyl (C=O) groups is 1. The Hall–Kier alpha value is -2.17. The van der Waals surface area contributed by atoms with Gasteiger partial charge in [0, 0.05) is 6.54 Å². The monoisotopic (exact) mass is 249 g/mol. The molecule has 0 unspecified atom stereocenters. The van der Waals surface area contributed by atoms with Gasteiger partial charge >= 0.3 is 6.09 Å². The summed E-state index contributed by atoms with van der Waals surface area (Å²) in [7, 11) is 0. The molecule has 1 aliphatic rings. The maximum Gasteiger partial charge on any atom is 0.407 e. The van der Waals surface area contributed by atoms with Gasteiger partial charge in [0.05, 0.1) is 0 Å². The van der Waals surface area contributed by atoms with E-state index in [9.17, 15) is 4.79 Å². The van der Waals surface area contributed by atoms with Crippen molar-refractivity contribution in [2.45, 2.75) is 6.42 Å². The van der Waals surface area contributed by atoms with Crippen LogP contribution in [0.1, 0.15) is 5.56 Å². The highest BCUT2D eigenvalue weighted by molar-refractivity contribution is 5.67. The molecule has 0 radical (unpaired) electrons. The Labute approximate surface area is 105 Å². The number of fused-ring (bicyclic) bond motifs is 1. The molecule has 18 heavy (non-hydrogen) atoms. The smallest absolute Gasteiger partial charge is 0.407 e. The Bertz CT molecular complexity index is 445. The van der Waals surface area contributed by atoms with E-state index < -0.39 is 6.09 Å². The quantitative estimate of drug-likeness (QED) is 0.809. The Kier molecular flexibility index (Phi) is 4.06. The van der Waals surface area contributed by atoms with E-state index in [-0.39, 0.29) is 13.4 Å². The van der Waals surface area contributed by atoms with Crippen molar-refractivity contribution >= 4 is 6.09 Å². The summed E-state index contributed by atoms with van der Waals surface area (Å²) in [6.07, 6.45) is 1.80. The molecule has 2 rings (SSSR count). The zero-order valence-electron chi connectivity index (χ0n) is 9.98. The summed E-state index contributed by atoms with van der Waals surface area (Å²) in [5.41, 5.74) is 1.07. The van der Waals surface area contributed by atoms with Crippen molar-refractivity contribution in [3.05, 3.63) is 36.4 Å².